The van der Waals surface area contributed by atoms with Gasteiger partial charge in [-0.15, -0.1) is 0 Å². The van der Waals surface area contributed by atoms with Crippen LogP contribution in [0.15, 0.2) is 22.7 Å². The molecule has 0 unspecified atom stereocenters. The topological polar surface area (TPSA) is 42.1 Å². The third kappa shape index (κ3) is 1.65. The lowest BCUT2D eigenvalue weighted by Gasteiger charge is -1.97. The quantitative estimate of drug-likeness (QED) is 0.850. The van der Waals surface area contributed by atoms with Gasteiger partial charge in [-0.2, -0.15) is 0 Å². The molecule has 0 aliphatic carbocycles. The number of methoxy groups -OCH3 is 1. The fraction of sp³-hybridized carbons (Fsp3) is 0.182. The molecule has 0 saturated carbocycles. The summed E-state index contributed by atoms with van der Waals surface area (Å²) in [7, 11) is 1.62. The Morgan fingerprint density at radius 2 is 2.20 bits per heavy atom. The largest absolute Gasteiger partial charge is 0.497 e. The zero-order valence-corrected chi connectivity index (χ0v) is 10.0. The highest BCUT2D eigenvalue weighted by Crippen LogP contribution is 2.30. The fourth-order valence-electron chi connectivity index (χ4n) is 1.51. The summed E-state index contributed by atoms with van der Waals surface area (Å²) in [5.41, 5.74) is 1.49. The lowest BCUT2D eigenvalue weighted by atomic mass is 10.2. The van der Waals surface area contributed by atoms with Gasteiger partial charge in [0, 0.05) is 18.4 Å². The molecule has 78 valence electrons. The van der Waals surface area contributed by atoms with Crippen molar-refractivity contribution in [2.45, 2.75) is 6.92 Å². The molecule has 1 aromatic carbocycles. The highest BCUT2D eigenvalue weighted by atomic mass is 79.9. The maximum atomic E-state index is 11.3. The van der Waals surface area contributed by atoms with E-state index >= 15 is 0 Å². The summed E-state index contributed by atoms with van der Waals surface area (Å²) in [6, 6.07) is 5.65. The zero-order chi connectivity index (χ0) is 11.0. The highest BCUT2D eigenvalue weighted by molar-refractivity contribution is 9.10. The molecule has 2 aromatic rings. The molecule has 0 aliphatic heterocycles. The number of aromatic amines is 1. The van der Waals surface area contributed by atoms with Gasteiger partial charge in [0.05, 0.1) is 22.8 Å². The van der Waals surface area contributed by atoms with Crippen LogP contribution in [-0.4, -0.2) is 17.9 Å². The van der Waals surface area contributed by atoms with Crippen molar-refractivity contribution in [1.82, 2.24) is 4.98 Å². The minimum absolute atomic E-state index is 0.0111. The van der Waals surface area contributed by atoms with Crippen LogP contribution in [0.1, 0.15) is 17.4 Å². The average molecular weight is 268 g/mol. The number of rotatable bonds is 2. The first-order valence-electron chi connectivity index (χ1n) is 4.49. The molecule has 1 aromatic heterocycles. The molecule has 3 nitrogen and oxygen atoms in total. The van der Waals surface area contributed by atoms with Crippen LogP contribution in [0.3, 0.4) is 0 Å². The molecule has 0 fully saturated rings. The number of ether oxygens (including phenoxy) is 1. The van der Waals surface area contributed by atoms with Crippen molar-refractivity contribution < 1.29 is 9.53 Å². The average Bonchev–Trinajstić information content (AvgIpc) is 2.55. The Bertz CT molecular complexity index is 531. The van der Waals surface area contributed by atoms with Gasteiger partial charge < -0.3 is 9.72 Å². The van der Waals surface area contributed by atoms with Crippen LogP contribution >= 0.6 is 15.9 Å². The molecular weight excluding hydrogens is 258 g/mol. The van der Waals surface area contributed by atoms with Crippen molar-refractivity contribution in [3.63, 3.8) is 0 Å². The first kappa shape index (κ1) is 10.2. The van der Waals surface area contributed by atoms with E-state index in [1.807, 2.05) is 18.2 Å². The molecule has 0 saturated heterocycles. The van der Waals surface area contributed by atoms with Gasteiger partial charge in [0.1, 0.15) is 5.75 Å². The molecule has 0 atom stereocenters. The van der Waals surface area contributed by atoms with E-state index in [2.05, 4.69) is 20.9 Å². The molecule has 0 spiro atoms. The van der Waals surface area contributed by atoms with E-state index in [-0.39, 0.29) is 5.78 Å². The Kier molecular flexibility index (Phi) is 2.52. The lowest BCUT2D eigenvalue weighted by Crippen LogP contribution is -1.91. The molecular formula is C11H10BrNO2. The zero-order valence-electron chi connectivity index (χ0n) is 8.43. The van der Waals surface area contributed by atoms with Gasteiger partial charge in [-0.3, -0.25) is 4.79 Å². The minimum Gasteiger partial charge on any atom is -0.497 e. The Morgan fingerprint density at radius 3 is 2.80 bits per heavy atom. The molecule has 2 rings (SSSR count). The second kappa shape index (κ2) is 3.70. The number of fused-ring (bicyclic) bond motifs is 1. The summed E-state index contributed by atoms with van der Waals surface area (Å²) in [5, 5.41) is 0.987. The highest BCUT2D eigenvalue weighted by Gasteiger charge is 2.12. The van der Waals surface area contributed by atoms with E-state index in [0.717, 1.165) is 21.1 Å². The van der Waals surface area contributed by atoms with Crippen LogP contribution < -0.4 is 4.74 Å². The molecule has 1 heterocycles. The number of ketones is 1. The molecule has 1 N–H and O–H groups in total. The fourth-order valence-corrected chi connectivity index (χ4v) is 2.24. The van der Waals surface area contributed by atoms with Gasteiger partial charge in [0.2, 0.25) is 0 Å². The molecule has 0 radical (unpaired) electrons. The van der Waals surface area contributed by atoms with Crippen LogP contribution in [0.2, 0.25) is 0 Å². The Labute approximate surface area is 95.6 Å². The van der Waals surface area contributed by atoms with E-state index in [1.165, 1.54) is 6.92 Å². The standard InChI is InChI=1S/C11H10BrNO2/c1-6(14)11-10(12)8-4-3-7(15-2)5-9(8)13-11/h3-5,13H,1-2H3. The third-order valence-corrected chi connectivity index (χ3v) is 3.12. The van der Waals surface area contributed by atoms with Crippen LogP contribution in [0.4, 0.5) is 0 Å². The van der Waals surface area contributed by atoms with Crippen LogP contribution in [0.25, 0.3) is 10.9 Å². The van der Waals surface area contributed by atoms with Gasteiger partial charge in [0.25, 0.3) is 0 Å². The number of hydrogen-bond donors (Lipinski definition) is 1. The minimum atomic E-state index is 0.0111. The number of hydrogen-bond acceptors (Lipinski definition) is 2. The van der Waals surface area contributed by atoms with E-state index in [0.29, 0.717) is 5.69 Å². The Hall–Kier alpha value is -1.29. The second-order valence-corrected chi connectivity index (χ2v) is 4.07. The number of halogens is 1. The maximum absolute atomic E-state index is 11.3. The molecule has 0 aliphatic rings. The molecule has 0 bridgehead atoms. The van der Waals surface area contributed by atoms with E-state index in [9.17, 15) is 4.79 Å². The summed E-state index contributed by atoms with van der Waals surface area (Å²) in [5.74, 6) is 0.781. The summed E-state index contributed by atoms with van der Waals surface area (Å²) < 4.78 is 5.92. The Balaban J connectivity index is 2.70. The molecule has 4 heteroatoms. The normalized spacial score (nSPS) is 10.6. The van der Waals surface area contributed by atoms with Crippen LogP contribution in [0.5, 0.6) is 5.75 Å². The third-order valence-electron chi connectivity index (χ3n) is 2.29. The smallest absolute Gasteiger partial charge is 0.177 e. The van der Waals surface area contributed by atoms with Gasteiger partial charge in [-0.05, 0) is 28.1 Å². The first-order chi connectivity index (χ1) is 7.13. The summed E-state index contributed by atoms with van der Waals surface area (Å²) in [6.45, 7) is 1.53. The second-order valence-electron chi connectivity index (χ2n) is 3.28. The van der Waals surface area contributed by atoms with Crippen molar-refractivity contribution >= 4 is 32.6 Å². The number of carbonyl (C=O) groups is 1. The number of Topliss-reactive ketones (excluding diaryl/α,β-unsaturated/α-hetero) is 1. The molecule has 0 amide bonds. The van der Waals surface area contributed by atoms with E-state index in [1.54, 1.807) is 7.11 Å². The van der Waals surface area contributed by atoms with E-state index < -0.39 is 0 Å². The van der Waals surface area contributed by atoms with Crippen molar-refractivity contribution in [3.05, 3.63) is 28.4 Å². The number of carbonyl (C=O) groups excluding carboxylic acids is 1. The Morgan fingerprint density at radius 1 is 1.47 bits per heavy atom. The maximum Gasteiger partial charge on any atom is 0.177 e. The predicted octanol–water partition coefficient (Wildman–Crippen LogP) is 3.14. The predicted molar refractivity (Wildman–Crippen MR) is 62.6 cm³/mol. The van der Waals surface area contributed by atoms with Crippen LogP contribution in [-0.2, 0) is 0 Å². The van der Waals surface area contributed by atoms with Gasteiger partial charge in [-0.1, -0.05) is 0 Å². The molecule has 15 heavy (non-hydrogen) atoms. The number of nitrogens with one attached hydrogen (secondary N) is 1. The lowest BCUT2D eigenvalue weighted by molar-refractivity contribution is 0.101. The summed E-state index contributed by atoms with van der Waals surface area (Å²) in [4.78, 5) is 14.4. The summed E-state index contributed by atoms with van der Waals surface area (Å²) >= 11 is 3.41. The number of aromatic nitrogens is 1. The monoisotopic (exact) mass is 267 g/mol. The number of benzene rings is 1. The van der Waals surface area contributed by atoms with Gasteiger partial charge in [-0.25, -0.2) is 0 Å². The van der Waals surface area contributed by atoms with Crippen molar-refractivity contribution in [3.8, 4) is 5.75 Å². The van der Waals surface area contributed by atoms with Crippen LogP contribution in [0, 0.1) is 0 Å². The van der Waals surface area contributed by atoms with Gasteiger partial charge in [0.15, 0.2) is 5.78 Å². The van der Waals surface area contributed by atoms with Crippen molar-refractivity contribution in [1.29, 1.82) is 0 Å². The van der Waals surface area contributed by atoms with Crippen molar-refractivity contribution in [2.24, 2.45) is 0 Å². The van der Waals surface area contributed by atoms with Gasteiger partial charge >= 0.3 is 0 Å². The summed E-state index contributed by atoms with van der Waals surface area (Å²) in [6.07, 6.45) is 0. The SMILES string of the molecule is COc1ccc2c(Br)c(C(C)=O)[nH]c2c1. The number of H-pyrrole nitrogens is 1. The van der Waals surface area contributed by atoms with E-state index in [4.69, 9.17) is 4.74 Å². The van der Waals surface area contributed by atoms with Crippen molar-refractivity contribution in [2.75, 3.05) is 7.11 Å². The first-order valence-corrected chi connectivity index (χ1v) is 5.29.